The van der Waals surface area contributed by atoms with Crippen LogP contribution in [0.4, 0.5) is 13.2 Å². The maximum Gasteiger partial charge on any atom is 0.416 e. The molecule has 0 amide bonds. The first-order valence-corrected chi connectivity index (χ1v) is 5.87. The van der Waals surface area contributed by atoms with Crippen molar-refractivity contribution in [1.82, 2.24) is 0 Å². The lowest BCUT2D eigenvalue weighted by molar-refractivity contribution is -0.137. The molecule has 0 saturated heterocycles. The van der Waals surface area contributed by atoms with E-state index in [1.165, 1.54) is 12.1 Å². The maximum absolute atomic E-state index is 12.4. The smallest absolute Gasteiger partial charge is 0.410 e. The largest absolute Gasteiger partial charge is 0.416 e. The molecule has 19 heavy (non-hydrogen) atoms. The lowest BCUT2D eigenvalue weighted by Gasteiger charge is -2.06. The zero-order valence-electron chi connectivity index (χ0n) is 10.5. The topological polar surface area (TPSA) is 32.6 Å². The average Bonchev–Trinajstić information content (AvgIpc) is 2.38. The van der Waals surface area contributed by atoms with Crippen LogP contribution in [-0.2, 0) is 6.18 Å². The van der Waals surface area contributed by atoms with Crippen molar-refractivity contribution in [3.8, 4) is 11.8 Å². The SMILES string of the molecule is CCCCC#C/C(=N\O)c1ccc(C(F)(F)F)cc1. The first-order valence-electron chi connectivity index (χ1n) is 5.87. The van der Waals surface area contributed by atoms with Gasteiger partial charge in [-0.15, -0.1) is 0 Å². The second kappa shape index (κ2) is 6.83. The highest BCUT2D eigenvalue weighted by Gasteiger charge is 2.30. The highest BCUT2D eigenvalue weighted by molar-refractivity contribution is 6.12. The minimum Gasteiger partial charge on any atom is -0.410 e. The summed E-state index contributed by atoms with van der Waals surface area (Å²) in [5, 5.41) is 11.8. The molecule has 1 aromatic carbocycles. The fourth-order valence-electron chi connectivity index (χ4n) is 1.38. The standard InChI is InChI=1S/C14H14F3NO/c1-2-3-4-5-6-13(18-19)11-7-9-12(10-8-11)14(15,16)17/h7-10,19H,2-4H2,1H3/b18-13+. The van der Waals surface area contributed by atoms with Gasteiger partial charge < -0.3 is 5.21 Å². The maximum atomic E-state index is 12.4. The number of rotatable bonds is 3. The van der Waals surface area contributed by atoms with Gasteiger partial charge >= 0.3 is 6.18 Å². The summed E-state index contributed by atoms with van der Waals surface area (Å²) in [4.78, 5) is 0. The first-order chi connectivity index (χ1) is 8.99. The molecule has 0 aliphatic heterocycles. The molecule has 0 saturated carbocycles. The van der Waals surface area contributed by atoms with Crippen molar-refractivity contribution < 1.29 is 18.4 Å². The van der Waals surface area contributed by atoms with Crippen LogP contribution in [0, 0.1) is 11.8 Å². The molecule has 0 atom stereocenters. The molecule has 2 nitrogen and oxygen atoms in total. The number of benzene rings is 1. The molecule has 0 unspecified atom stereocenters. The van der Waals surface area contributed by atoms with Gasteiger partial charge in [0.25, 0.3) is 0 Å². The third-order valence-corrected chi connectivity index (χ3v) is 2.45. The Kier molecular flexibility index (Phi) is 5.43. The van der Waals surface area contributed by atoms with Gasteiger partial charge in [-0.1, -0.05) is 36.6 Å². The van der Waals surface area contributed by atoms with Gasteiger partial charge in [0.2, 0.25) is 0 Å². The van der Waals surface area contributed by atoms with Crippen molar-refractivity contribution in [2.24, 2.45) is 5.16 Å². The second-order valence-corrected chi connectivity index (χ2v) is 3.93. The summed E-state index contributed by atoms with van der Waals surface area (Å²) in [5.41, 5.74) is -0.309. The van der Waals surface area contributed by atoms with E-state index in [0.29, 0.717) is 12.0 Å². The van der Waals surface area contributed by atoms with Gasteiger partial charge in [-0.2, -0.15) is 13.2 Å². The molecule has 102 valence electrons. The fourth-order valence-corrected chi connectivity index (χ4v) is 1.38. The highest BCUT2D eigenvalue weighted by Crippen LogP contribution is 2.29. The number of alkyl halides is 3. The quantitative estimate of drug-likeness (QED) is 0.290. The number of unbranched alkanes of at least 4 members (excludes halogenated alkanes) is 2. The Morgan fingerprint density at radius 1 is 1.26 bits per heavy atom. The van der Waals surface area contributed by atoms with Crippen molar-refractivity contribution in [3.05, 3.63) is 35.4 Å². The minimum atomic E-state index is -4.37. The Hall–Kier alpha value is -1.96. The number of hydrogen-bond donors (Lipinski definition) is 1. The number of halogens is 3. The van der Waals surface area contributed by atoms with Crippen LogP contribution in [0.25, 0.3) is 0 Å². The molecule has 0 aliphatic rings. The van der Waals surface area contributed by atoms with Gasteiger partial charge in [-0.05, 0) is 24.5 Å². The first kappa shape index (κ1) is 15.1. The van der Waals surface area contributed by atoms with E-state index < -0.39 is 11.7 Å². The molecule has 1 rings (SSSR count). The molecule has 0 heterocycles. The minimum absolute atomic E-state index is 0.0739. The van der Waals surface area contributed by atoms with Crippen LogP contribution in [0.1, 0.15) is 37.3 Å². The van der Waals surface area contributed by atoms with Gasteiger partial charge in [0, 0.05) is 12.0 Å². The van der Waals surface area contributed by atoms with Crippen LogP contribution in [0.5, 0.6) is 0 Å². The molecular weight excluding hydrogens is 255 g/mol. The molecule has 0 fully saturated rings. The van der Waals surface area contributed by atoms with E-state index >= 15 is 0 Å². The Morgan fingerprint density at radius 2 is 1.89 bits per heavy atom. The van der Waals surface area contributed by atoms with Gasteiger partial charge in [0.1, 0.15) is 0 Å². The molecule has 0 spiro atoms. The van der Waals surface area contributed by atoms with E-state index in [1.54, 1.807) is 0 Å². The summed E-state index contributed by atoms with van der Waals surface area (Å²) >= 11 is 0. The van der Waals surface area contributed by atoms with E-state index in [0.717, 1.165) is 25.0 Å². The highest BCUT2D eigenvalue weighted by atomic mass is 19.4. The van der Waals surface area contributed by atoms with Crippen molar-refractivity contribution in [1.29, 1.82) is 0 Å². The third-order valence-electron chi connectivity index (χ3n) is 2.45. The molecule has 5 heteroatoms. The average molecular weight is 269 g/mol. The molecule has 0 bridgehead atoms. The summed E-state index contributed by atoms with van der Waals surface area (Å²) < 4.78 is 37.1. The van der Waals surface area contributed by atoms with Crippen molar-refractivity contribution in [3.63, 3.8) is 0 Å². The van der Waals surface area contributed by atoms with Crippen LogP contribution in [-0.4, -0.2) is 10.9 Å². The summed E-state index contributed by atoms with van der Waals surface area (Å²) in [5.74, 6) is 5.47. The normalized spacial score (nSPS) is 11.9. The Labute approximate surface area is 109 Å². The molecule has 1 aromatic rings. The van der Waals surface area contributed by atoms with Crippen LogP contribution in [0.2, 0.25) is 0 Å². The van der Waals surface area contributed by atoms with Gasteiger partial charge in [0.15, 0.2) is 5.71 Å². The zero-order chi connectivity index (χ0) is 14.3. The van der Waals surface area contributed by atoms with Crippen molar-refractivity contribution in [2.75, 3.05) is 0 Å². The summed E-state index contributed by atoms with van der Waals surface area (Å²) in [6, 6.07) is 4.36. The van der Waals surface area contributed by atoms with E-state index in [2.05, 4.69) is 17.0 Å². The monoisotopic (exact) mass is 269 g/mol. The summed E-state index contributed by atoms with van der Waals surface area (Å²) in [7, 11) is 0. The molecule has 1 N–H and O–H groups in total. The summed E-state index contributed by atoms with van der Waals surface area (Å²) in [6.45, 7) is 2.03. The Morgan fingerprint density at radius 3 is 2.37 bits per heavy atom. The molecular formula is C14H14F3NO. The van der Waals surface area contributed by atoms with Crippen LogP contribution >= 0.6 is 0 Å². The van der Waals surface area contributed by atoms with Crippen LogP contribution in [0.15, 0.2) is 29.4 Å². The van der Waals surface area contributed by atoms with Crippen molar-refractivity contribution in [2.45, 2.75) is 32.4 Å². The predicted octanol–water partition coefficient (Wildman–Crippen LogP) is 4.08. The Balaban J connectivity index is 2.86. The second-order valence-electron chi connectivity index (χ2n) is 3.93. The van der Waals surface area contributed by atoms with E-state index in [9.17, 15) is 13.2 Å². The van der Waals surface area contributed by atoms with Crippen LogP contribution < -0.4 is 0 Å². The lowest BCUT2D eigenvalue weighted by Crippen LogP contribution is -2.05. The zero-order valence-corrected chi connectivity index (χ0v) is 10.5. The number of nitrogens with zero attached hydrogens (tertiary/aromatic N) is 1. The number of hydrogen-bond acceptors (Lipinski definition) is 2. The number of oxime groups is 1. The van der Waals surface area contributed by atoms with Gasteiger partial charge in [-0.3, -0.25) is 0 Å². The fraction of sp³-hybridized carbons (Fsp3) is 0.357. The summed E-state index contributed by atoms with van der Waals surface area (Å²) in [6.07, 6.45) is -1.78. The third kappa shape index (κ3) is 4.66. The van der Waals surface area contributed by atoms with Crippen LogP contribution in [0.3, 0.4) is 0 Å². The predicted molar refractivity (Wildman–Crippen MR) is 67.1 cm³/mol. The van der Waals surface area contributed by atoms with Crippen molar-refractivity contribution >= 4 is 5.71 Å². The Bertz CT molecular complexity index is 492. The van der Waals surface area contributed by atoms with Gasteiger partial charge in [0.05, 0.1) is 5.56 Å². The van der Waals surface area contributed by atoms with E-state index in [4.69, 9.17) is 5.21 Å². The molecule has 0 aromatic heterocycles. The molecule has 0 aliphatic carbocycles. The van der Waals surface area contributed by atoms with Gasteiger partial charge in [-0.25, -0.2) is 0 Å². The van der Waals surface area contributed by atoms with E-state index in [-0.39, 0.29) is 5.71 Å². The molecule has 0 radical (unpaired) electrons. The lowest BCUT2D eigenvalue weighted by atomic mass is 10.1. The van der Waals surface area contributed by atoms with E-state index in [1.807, 2.05) is 6.92 Å².